The molecule has 0 unspecified atom stereocenters. The van der Waals surface area contributed by atoms with Gasteiger partial charge in [-0.15, -0.1) is 0 Å². The number of hydrogen-bond acceptors (Lipinski definition) is 2. The zero-order valence-corrected chi connectivity index (χ0v) is 15.6. The molecule has 0 saturated carbocycles. The van der Waals surface area contributed by atoms with Crippen LogP contribution in [0, 0.1) is 6.92 Å². The normalized spacial score (nSPS) is 10.4. The van der Waals surface area contributed by atoms with Gasteiger partial charge in [-0.05, 0) is 36.6 Å². The van der Waals surface area contributed by atoms with Crippen LogP contribution in [0.3, 0.4) is 0 Å². The SMILES string of the molecule is CCc1cccc(C)c1NC(=O)CCN(C(C)=O)c1ccccc1Cl. The monoisotopic (exact) mass is 358 g/mol. The zero-order valence-electron chi connectivity index (χ0n) is 14.8. The highest BCUT2D eigenvalue weighted by atomic mass is 35.5. The molecule has 2 amide bonds. The molecule has 0 saturated heterocycles. The van der Waals surface area contributed by atoms with Gasteiger partial charge in [0.1, 0.15) is 0 Å². The predicted octanol–water partition coefficient (Wildman–Crippen LogP) is 4.59. The van der Waals surface area contributed by atoms with E-state index in [-0.39, 0.29) is 24.8 Å². The largest absolute Gasteiger partial charge is 0.326 e. The van der Waals surface area contributed by atoms with Gasteiger partial charge in [-0.1, -0.05) is 48.9 Å². The van der Waals surface area contributed by atoms with Crippen molar-refractivity contribution in [2.45, 2.75) is 33.6 Å². The third-order valence-corrected chi connectivity index (χ3v) is 4.41. The number of anilines is 2. The van der Waals surface area contributed by atoms with E-state index in [1.54, 1.807) is 18.2 Å². The molecule has 0 atom stereocenters. The van der Waals surface area contributed by atoms with Crippen LogP contribution in [-0.2, 0) is 16.0 Å². The van der Waals surface area contributed by atoms with Crippen LogP contribution in [0.1, 0.15) is 31.4 Å². The summed E-state index contributed by atoms with van der Waals surface area (Å²) in [5.74, 6) is -0.270. The topological polar surface area (TPSA) is 49.4 Å². The van der Waals surface area contributed by atoms with Crippen molar-refractivity contribution in [2.75, 3.05) is 16.8 Å². The molecule has 0 bridgehead atoms. The lowest BCUT2D eigenvalue weighted by atomic mass is 10.1. The van der Waals surface area contributed by atoms with Crippen LogP contribution >= 0.6 is 11.6 Å². The fourth-order valence-electron chi connectivity index (χ4n) is 2.74. The Morgan fingerprint density at radius 1 is 1.12 bits per heavy atom. The van der Waals surface area contributed by atoms with Crippen molar-refractivity contribution in [1.29, 1.82) is 0 Å². The highest BCUT2D eigenvalue weighted by Crippen LogP contribution is 2.26. The summed E-state index contributed by atoms with van der Waals surface area (Å²) < 4.78 is 0. The van der Waals surface area contributed by atoms with Crippen molar-refractivity contribution in [3.63, 3.8) is 0 Å². The van der Waals surface area contributed by atoms with Crippen LogP contribution in [-0.4, -0.2) is 18.4 Å². The Morgan fingerprint density at radius 2 is 1.84 bits per heavy atom. The summed E-state index contributed by atoms with van der Waals surface area (Å²) >= 11 is 6.17. The number of benzene rings is 2. The first-order valence-corrected chi connectivity index (χ1v) is 8.72. The highest BCUT2D eigenvalue weighted by molar-refractivity contribution is 6.33. The number of hydrogen-bond donors (Lipinski definition) is 1. The van der Waals surface area contributed by atoms with Crippen molar-refractivity contribution < 1.29 is 9.59 Å². The Kier molecular flexibility index (Phi) is 6.59. The maximum atomic E-state index is 12.4. The minimum atomic E-state index is -0.147. The van der Waals surface area contributed by atoms with Crippen LogP contribution in [0.25, 0.3) is 0 Å². The average molecular weight is 359 g/mol. The van der Waals surface area contributed by atoms with Crippen molar-refractivity contribution in [2.24, 2.45) is 0 Å². The number of nitrogens with one attached hydrogen (secondary N) is 1. The summed E-state index contributed by atoms with van der Waals surface area (Å²) in [5, 5.41) is 3.47. The first kappa shape index (κ1) is 19.0. The molecule has 0 fully saturated rings. The van der Waals surface area contributed by atoms with E-state index in [1.807, 2.05) is 31.2 Å². The van der Waals surface area contributed by atoms with Gasteiger partial charge in [-0.2, -0.15) is 0 Å². The summed E-state index contributed by atoms with van der Waals surface area (Å²) in [6.07, 6.45) is 1.04. The summed E-state index contributed by atoms with van der Waals surface area (Å²) in [4.78, 5) is 25.9. The second kappa shape index (κ2) is 8.67. The molecule has 0 aromatic heterocycles. The Bertz CT molecular complexity index is 774. The van der Waals surface area contributed by atoms with E-state index >= 15 is 0 Å². The van der Waals surface area contributed by atoms with Crippen molar-refractivity contribution in [3.8, 4) is 0 Å². The predicted molar refractivity (Wildman–Crippen MR) is 103 cm³/mol. The molecule has 0 heterocycles. The Hall–Kier alpha value is -2.33. The molecular formula is C20H23ClN2O2. The number of halogens is 1. The lowest BCUT2D eigenvalue weighted by molar-refractivity contribution is -0.117. The lowest BCUT2D eigenvalue weighted by Crippen LogP contribution is -2.32. The van der Waals surface area contributed by atoms with Crippen LogP contribution < -0.4 is 10.2 Å². The quantitative estimate of drug-likeness (QED) is 0.820. The van der Waals surface area contributed by atoms with Crippen LogP contribution in [0.5, 0.6) is 0 Å². The first-order valence-electron chi connectivity index (χ1n) is 8.35. The zero-order chi connectivity index (χ0) is 18.4. The Morgan fingerprint density at radius 3 is 2.48 bits per heavy atom. The van der Waals surface area contributed by atoms with Crippen LogP contribution in [0.2, 0.25) is 5.02 Å². The van der Waals surface area contributed by atoms with Gasteiger partial charge in [0.2, 0.25) is 11.8 Å². The molecule has 2 rings (SSSR count). The number of para-hydroxylation sites is 2. The van der Waals surface area contributed by atoms with Crippen molar-refractivity contribution in [1.82, 2.24) is 0 Å². The van der Waals surface area contributed by atoms with E-state index in [1.165, 1.54) is 11.8 Å². The fraction of sp³-hybridized carbons (Fsp3) is 0.300. The molecule has 0 aliphatic rings. The molecule has 4 nitrogen and oxygen atoms in total. The van der Waals surface area contributed by atoms with Gasteiger partial charge in [0.25, 0.3) is 0 Å². The Balaban J connectivity index is 2.08. The number of nitrogens with zero attached hydrogens (tertiary/aromatic N) is 1. The van der Waals surface area contributed by atoms with E-state index in [9.17, 15) is 9.59 Å². The first-order chi connectivity index (χ1) is 11.9. The van der Waals surface area contributed by atoms with E-state index in [2.05, 4.69) is 12.2 Å². The highest BCUT2D eigenvalue weighted by Gasteiger charge is 2.16. The van der Waals surface area contributed by atoms with E-state index in [0.29, 0.717) is 10.7 Å². The average Bonchev–Trinajstić information content (AvgIpc) is 2.58. The van der Waals surface area contributed by atoms with Crippen LogP contribution in [0.15, 0.2) is 42.5 Å². The molecule has 0 aliphatic heterocycles. The van der Waals surface area contributed by atoms with Gasteiger partial charge in [-0.25, -0.2) is 0 Å². The standard InChI is InChI=1S/C20H23ClN2O2/c1-4-16-9-7-8-14(2)20(16)22-19(25)12-13-23(15(3)24)18-11-6-5-10-17(18)21/h5-11H,4,12-13H2,1-3H3,(H,22,25). The molecule has 0 aliphatic carbocycles. The molecule has 25 heavy (non-hydrogen) atoms. The molecule has 5 heteroatoms. The second-order valence-corrected chi connectivity index (χ2v) is 6.29. The van der Waals surface area contributed by atoms with Crippen molar-refractivity contribution >= 4 is 34.8 Å². The molecule has 0 radical (unpaired) electrons. The van der Waals surface area contributed by atoms with E-state index in [0.717, 1.165) is 23.2 Å². The number of aryl methyl sites for hydroxylation is 2. The van der Waals surface area contributed by atoms with Gasteiger partial charge in [0, 0.05) is 25.6 Å². The van der Waals surface area contributed by atoms with Gasteiger partial charge >= 0.3 is 0 Å². The molecule has 1 N–H and O–H groups in total. The van der Waals surface area contributed by atoms with Crippen molar-refractivity contribution in [3.05, 3.63) is 58.6 Å². The summed E-state index contributed by atoms with van der Waals surface area (Å²) in [6.45, 7) is 5.77. The molecule has 2 aromatic rings. The number of rotatable bonds is 6. The molecule has 0 spiro atoms. The van der Waals surface area contributed by atoms with Gasteiger partial charge in [0.05, 0.1) is 10.7 Å². The molecule has 132 valence electrons. The third kappa shape index (κ3) is 4.83. The third-order valence-electron chi connectivity index (χ3n) is 4.09. The smallest absolute Gasteiger partial charge is 0.226 e. The van der Waals surface area contributed by atoms with Crippen LogP contribution in [0.4, 0.5) is 11.4 Å². The maximum absolute atomic E-state index is 12.4. The minimum absolute atomic E-state index is 0.123. The number of carbonyl (C=O) groups is 2. The fourth-order valence-corrected chi connectivity index (χ4v) is 2.97. The number of carbonyl (C=O) groups excluding carboxylic acids is 2. The second-order valence-electron chi connectivity index (χ2n) is 5.88. The number of amides is 2. The lowest BCUT2D eigenvalue weighted by Gasteiger charge is -2.22. The Labute approximate surface area is 153 Å². The minimum Gasteiger partial charge on any atom is -0.326 e. The maximum Gasteiger partial charge on any atom is 0.226 e. The summed E-state index contributed by atoms with van der Waals surface area (Å²) in [6, 6.07) is 13.1. The molecular weight excluding hydrogens is 336 g/mol. The summed E-state index contributed by atoms with van der Waals surface area (Å²) in [5.41, 5.74) is 3.61. The summed E-state index contributed by atoms with van der Waals surface area (Å²) in [7, 11) is 0. The van der Waals surface area contributed by atoms with E-state index in [4.69, 9.17) is 11.6 Å². The van der Waals surface area contributed by atoms with E-state index < -0.39 is 0 Å². The molecule has 2 aromatic carbocycles. The van der Waals surface area contributed by atoms with Gasteiger partial charge in [0.15, 0.2) is 0 Å². The van der Waals surface area contributed by atoms with Gasteiger partial charge < -0.3 is 10.2 Å². The van der Waals surface area contributed by atoms with Gasteiger partial charge in [-0.3, -0.25) is 9.59 Å².